The van der Waals surface area contributed by atoms with Gasteiger partial charge < -0.3 is 10.4 Å². The molecule has 0 saturated carbocycles. The van der Waals surface area contributed by atoms with Crippen LogP contribution in [0.1, 0.15) is 13.3 Å². The summed E-state index contributed by atoms with van der Waals surface area (Å²) < 4.78 is 0.949. The first-order valence-corrected chi connectivity index (χ1v) is 5.67. The van der Waals surface area contributed by atoms with Gasteiger partial charge in [0.1, 0.15) is 0 Å². The molecule has 1 atom stereocenters. The third kappa shape index (κ3) is 3.48. The van der Waals surface area contributed by atoms with Crippen LogP contribution >= 0.6 is 27.5 Å². The van der Waals surface area contributed by atoms with E-state index in [1.807, 2.05) is 25.1 Å². The van der Waals surface area contributed by atoms with Crippen LogP contribution in [0, 0.1) is 0 Å². The Morgan fingerprint density at radius 2 is 2.29 bits per heavy atom. The highest BCUT2D eigenvalue weighted by Gasteiger charge is 2.03. The predicted molar refractivity (Wildman–Crippen MR) is 63.9 cm³/mol. The van der Waals surface area contributed by atoms with Gasteiger partial charge in [0.05, 0.1) is 6.10 Å². The zero-order chi connectivity index (χ0) is 10.6. The monoisotopic (exact) mass is 277 g/mol. The van der Waals surface area contributed by atoms with E-state index in [1.54, 1.807) is 0 Å². The van der Waals surface area contributed by atoms with Gasteiger partial charge in [-0.05, 0) is 40.5 Å². The number of aliphatic hydroxyl groups is 1. The quantitative estimate of drug-likeness (QED) is 0.886. The summed E-state index contributed by atoms with van der Waals surface area (Å²) in [4.78, 5) is 0. The molecule has 78 valence electrons. The SMILES string of the molecule is CCC(O)CNc1cc(Cl)ccc1Br. The fourth-order valence-electron chi connectivity index (χ4n) is 1.01. The number of nitrogens with one attached hydrogen (secondary N) is 1. The molecule has 2 nitrogen and oxygen atoms in total. The topological polar surface area (TPSA) is 32.3 Å². The van der Waals surface area contributed by atoms with Gasteiger partial charge in [-0.1, -0.05) is 18.5 Å². The summed E-state index contributed by atoms with van der Waals surface area (Å²) in [6.07, 6.45) is 0.423. The molecule has 0 aliphatic rings. The lowest BCUT2D eigenvalue weighted by atomic mass is 10.2. The summed E-state index contributed by atoms with van der Waals surface area (Å²) in [6.45, 7) is 2.48. The normalized spacial score (nSPS) is 12.6. The van der Waals surface area contributed by atoms with Crippen molar-refractivity contribution in [3.63, 3.8) is 0 Å². The molecule has 0 aliphatic carbocycles. The second-order valence-electron chi connectivity index (χ2n) is 3.07. The second kappa shape index (κ2) is 5.59. The fourth-order valence-corrected chi connectivity index (χ4v) is 1.56. The van der Waals surface area contributed by atoms with E-state index in [-0.39, 0.29) is 6.10 Å². The van der Waals surface area contributed by atoms with E-state index >= 15 is 0 Å². The van der Waals surface area contributed by atoms with Gasteiger partial charge in [0.15, 0.2) is 0 Å². The molecule has 0 aliphatic heterocycles. The van der Waals surface area contributed by atoms with Gasteiger partial charge in [0.2, 0.25) is 0 Å². The van der Waals surface area contributed by atoms with E-state index in [9.17, 15) is 5.11 Å². The molecular weight excluding hydrogens is 265 g/mol. The maximum absolute atomic E-state index is 9.37. The van der Waals surface area contributed by atoms with Crippen LogP contribution in [0.5, 0.6) is 0 Å². The number of hydrogen-bond acceptors (Lipinski definition) is 2. The molecule has 0 radical (unpaired) electrons. The number of rotatable bonds is 4. The minimum Gasteiger partial charge on any atom is -0.391 e. The summed E-state index contributed by atoms with van der Waals surface area (Å²) in [7, 11) is 0. The molecule has 0 fully saturated rings. The molecule has 1 aromatic carbocycles. The van der Waals surface area contributed by atoms with Crippen molar-refractivity contribution in [1.29, 1.82) is 0 Å². The van der Waals surface area contributed by atoms with Crippen molar-refractivity contribution in [2.75, 3.05) is 11.9 Å². The third-order valence-electron chi connectivity index (χ3n) is 1.93. The smallest absolute Gasteiger partial charge is 0.0709 e. The van der Waals surface area contributed by atoms with E-state index in [4.69, 9.17) is 11.6 Å². The average Bonchev–Trinajstić information content (AvgIpc) is 2.19. The number of benzene rings is 1. The van der Waals surface area contributed by atoms with Crippen LogP contribution in [0.15, 0.2) is 22.7 Å². The lowest BCUT2D eigenvalue weighted by molar-refractivity contribution is 0.183. The molecule has 0 spiro atoms. The Hall–Kier alpha value is -0.250. The zero-order valence-electron chi connectivity index (χ0n) is 7.93. The van der Waals surface area contributed by atoms with E-state index in [0.717, 1.165) is 16.6 Å². The van der Waals surface area contributed by atoms with E-state index in [2.05, 4.69) is 21.2 Å². The average molecular weight is 279 g/mol. The van der Waals surface area contributed by atoms with E-state index in [1.165, 1.54) is 0 Å². The fraction of sp³-hybridized carbons (Fsp3) is 0.400. The Balaban J connectivity index is 2.62. The molecule has 4 heteroatoms. The van der Waals surface area contributed by atoms with Crippen molar-refractivity contribution in [3.05, 3.63) is 27.7 Å². The summed E-state index contributed by atoms with van der Waals surface area (Å²) in [5.74, 6) is 0. The zero-order valence-corrected chi connectivity index (χ0v) is 10.3. The molecule has 0 amide bonds. The van der Waals surface area contributed by atoms with Gasteiger partial charge in [-0.3, -0.25) is 0 Å². The number of anilines is 1. The Morgan fingerprint density at radius 3 is 2.93 bits per heavy atom. The highest BCUT2D eigenvalue weighted by molar-refractivity contribution is 9.10. The molecule has 2 N–H and O–H groups in total. The lowest BCUT2D eigenvalue weighted by Gasteiger charge is -2.12. The molecule has 0 bridgehead atoms. The van der Waals surface area contributed by atoms with Crippen molar-refractivity contribution < 1.29 is 5.11 Å². The molecule has 1 rings (SSSR count). The van der Waals surface area contributed by atoms with E-state index in [0.29, 0.717) is 11.6 Å². The highest BCUT2D eigenvalue weighted by atomic mass is 79.9. The van der Waals surface area contributed by atoms with Crippen LogP contribution in [-0.4, -0.2) is 17.8 Å². The number of halogens is 2. The maximum atomic E-state index is 9.37. The Labute approximate surface area is 97.4 Å². The van der Waals surface area contributed by atoms with Gasteiger partial charge in [-0.2, -0.15) is 0 Å². The third-order valence-corrected chi connectivity index (χ3v) is 2.85. The molecule has 0 heterocycles. The van der Waals surface area contributed by atoms with Crippen molar-refractivity contribution in [1.82, 2.24) is 0 Å². The largest absolute Gasteiger partial charge is 0.391 e. The van der Waals surface area contributed by atoms with Crippen LogP contribution in [0.2, 0.25) is 5.02 Å². The van der Waals surface area contributed by atoms with Gasteiger partial charge in [-0.25, -0.2) is 0 Å². The van der Waals surface area contributed by atoms with Crippen LogP contribution in [0.25, 0.3) is 0 Å². The molecule has 14 heavy (non-hydrogen) atoms. The van der Waals surface area contributed by atoms with Crippen LogP contribution < -0.4 is 5.32 Å². The van der Waals surface area contributed by atoms with Crippen molar-refractivity contribution in [3.8, 4) is 0 Å². The Kier molecular flexibility index (Phi) is 4.72. The van der Waals surface area contributed by atoms with Crippen LogP contribution in [-0.2, 0) is 0 Å². The first-order chi connectivity index (χ1) is 6.63. The minimum atomic E-state index is -0.319. The van der Waals surface area contributed by atoms with Crippen molar-refractivity contribution >= 4 is 33.2 Å². The first kappa shape index (κ1) is 11.8. The standard InChI is InChI=1S/C10H13BrClNO/c1-2-8(14)6-13-10-5-7(12)3-4-9(10)11/h3-5,8,13-14H,2,6H2,1H3. The Morgan fingerprint density at radius 1 is 1.57 bits per heavy atom. The van der Waals surface area contributed by atoms with Crippen LogP contribution in [0.4, 0.5) is 5.69 Å². The minimum absolute atomic E-state index is 0.319. The summed E-state index contributed by atoms with van der Waals surface area (Å²) in [5, 5.41) is 13.2. The van der Waals surface area contributed by atoms with Crippen molar-refractivity contribution in [2.45, 2.75) is 19.4 Å². The van der Waals surface area contributed by atoms with Gasteiger partial charge >= 0.3 is 0 Å². The van der Waals surface area contributed by atoms with Gasteiger partial charge in [0.25, 0.3) is 0 Å². The van der Waals surface area contributed by atoms with Crippen LogP contribution in [0.3, 0.4) is 0 Å². The lowest BCUT2D eigenvalue weighted by Crippen LogP contribution is -2.18. The maximum Gasteiger partial charge on any atom is 0.0709 e. The second-order valence-corrected chi connectivity index (χ2v) is 4.36. The summed E-state index contributed by atoms with van der Waals surface area (Å²) in [6, 6.07) is 5.52. The van der Waals surface area contributed by atoms with E-state index < -0.39 is 0 Å². The molecular formula is C10H13BrClNO. The molecule has 1 unspecified atom stereocenters. The molecule has 0 aromatic heterocycles. The molecule has 0 saturated heterocycles. The first-order valence-electron chi connectivity index (χ1n) is 4.50. The number of hydrogen-bond donors (Lipinski definition) is 2. The summed E-state index contributed by atoms with van der Waals surface area (Å²) >= 11 is 9.24. The molecule has 1 aromatic rings. The van der Waals surface area contributed by atoms with Gasteiger partial charge in [0, 0.05) is 21.7 Å². The highest BCUT2D eigenvalue weighted by Crippen LogP contribution is 2.25. The predicted octanol–water partition coefficient (Wildman–Crippen LogP) is 3.29. The number of aliphatic hydroxyl groups excluding tert-OH is 1. The summed E-state index contributed by atoms with van der Waals surface area (Å²) in [5.41, 5.74) is 0.907. The Bertz CT molecular complexity index is 306. The van der Waals surface area contributed by atoms with Gasteiger partial charge in [-0.15, -0.1) is 0 Å². The van der Waals surface area contributed by atoms with Crippen molar-refractivity contribution in [2.24, 2.45) is 0 Å².